The van der Waals surface area contributed by atoms with E-state index in [2.05, 4.69) is 10.6 Å². The second-order valence-corrected chi connectivity index (χ2v) is 10.2. The van der Waals surface area contributed by atoms with Gasteiger partial charge in [0.05, 0.1) is 17.0 Å². The fraction of sp³-hybridized carbons (Fsp3) is 0.348. The summed E-state index contributed by atoms with van der Waals surface area (Å²) in [4.78, 5) is 37.4. The maximum atomic E-state index is 13.1. The zero-order valence-corrected chi connectivity index (χ0v) is 19.7. The number of nitrogens with zero attached hydrogens (tertiary/aromatic N) is 2. The molecule has 180 valence electrons. The van der Waals surface area contributed by atoms with Gasteiger partial charge in [0.25, 0.3) is 5.91 Å². The van der Waals surface area contributed by atoms with E-state index in [1.54, 1.807) is 36.1 Å². The van der Waals surface area contributed by atoms with Crippen LogP contribution in [0.15, 0.2) is 47.4 Å². The first-order valence-corrected chi connectivity index (χ1v) is 12.3. The maximum Gasteiger partial charge on any atom is 0.265 e. The number of sulfonamides is 1. The Hall–Kier alpha value is -3.44. The summed E-state index contributed by atoms with van der Waals surface area (Å²) < 4.78 is 33.1. The fourth-order valence-corrected chi connectivity index (χ4v) is 5.32. The topological polar surface area (TPSA) is 125 Å². The largest absolute Gasteiger partial charge is 0.479 e. The highest BCUT2D eigenvalue weighted by Gasteiger charge is 2.32. The molecule has 11 heteroatoms. The van der Waals surface area contributed by atoms with E-state index in [0.29, 0.717) is 17.1 Å². The van der Waals surface area contributed by atoms with Gasteiger partial charge in [-0.15, -0.1) is 0 Å². The molecule has 0 unspecified atom stereocenters. The van der Waals surface area contributed by atoms with Crippen molar-refractivity contribution in [1.29, 1.82) is 0 Å². The molecule has 2 aliphatic heterocycles. The van der Waals surface area contributed by atoms with Crippen molar-refractivity contribution in [3.8, 4) is 5.75 Å². The zero-order valence-electron chi connectivity index (χ0n) is 18.9. The molecule has 2 aliphatic rings. The fourth-order valence-electron chi connectivity index (χ4n) is 3.87. The van der Waals surface area contributed by atoms with Gasteiger partial charge < -0.3 is 20.3 Å². The van der Waals surface area contributed by atoms with Crippen LogP contribution in [0.3, 0.4) is 0 Å². The molecular weight excluding hydrogens is 460 g/mol. The van der Waals surface area contributed by atoms with Gasteiger partial charge in [-0.1, -0.05) is 12.1 Å². The lowest BCUT2D eigenvalue weighted by Gasteiger charge is -2.34. The molecule has 2 aromatic rings. The smallest absolute Gasteiger partial charge is 0.265 e. The molecule has 2 aromatic carbocycles. The summed E-state index contributed by atoms with van der Waals surface area (Å²) in [5.41, 5.74) is 1.79. The first-order valence-electron chi connectivity index (χ1n) is 10.9. The van der Waals surface area contributed by atoms with Crippen LogP contribution in [0.25, 0.3) is 0 Å². The summed E-state index contributed by atoms with van der Waals surface area (Å²) in [5.74, 6) is -0.169. The predicted molar refractivity (Wildman–Crippen MR) is 125 cm³/mol. The molecule has 0 aliphatic carbocycles. The summed E-state index contributed by atoms with van der Waals surface area (Å²) in [6.45, 7) is 3.95. The number of fused-ring (bicyclic) bond motifs is 1. The standard InChI is InChI=1S/C23H26N4O6S/c1-15-23(30)25-20-14-19(7-8-21(20)33-15)34(31,32)27-11-9-26(10-12-27)22(29)13-17-3-5-18(6-4-17)24-16(2)28/h3-8,14-15H,9-13H2,1-2H3,(H,24,28)(H,25,30)/t15-/m1/s1. The molecule has 0 saturated carbocycles. The monoisotopic (exact) mass is 486 g/mol. The molecule has 1 atom stereocenters. The van der Waals surface area contributed by atoms with Crippen LogP contribution in [0.5, 0.6) is 5.75 Å². The Kier molecular flexibility index (Phi) is 6.58. The van der Waals surface area contributed by atoms with Gasteiger partial charge in [-0.2, -0.15) is 4.31 Å². The van der Waals surface area contributed by atoms with Crippen molar-refractivity contribution < 1.29 is 27.5 Å². The van der Waals surface area contributed by atoms with E-state index in [4.69, 9.17) is 4.74 Å². The van der Waals surface area contributed by atoms with E-state index < -0.39 is 16.1 Å². The molecule has 1 fully saturated rings. The first kappa shape index (κ1) is 23.7. The minimum Gasteiger partial charge on any atom is -0.479 e. The van der Waals surface area contributed by atoms with Crippen molar-refractivity contribution in [2.24, 2.45) is 0 Å². The molecule has 1 saturated heterocycles. The van der Waals surface area contributed by atoms with Gasteiger partial charge in [0, 0.05) is 38.8 Å². The number of ether oxygens (including phenoxy) is 1. The van der Waals surface area contributed by atoms with Crippen LogP contribution in [0.2, 0.25) is 0 Å². The minimum absolute atomic E-state index is 0.0590. The number of carbonyl (C=O) groups excluding carboxylic acids is 3. The van der Waals surface area contributed by atoms with E-state index in [-0.39, 0.29) is 55.2 Å². The third-order valence-electron chi connectivity index (χ3n) is 5.74. The lowest BCUT2D eigenvalue weighted by molar-refractivity contribution is -0.131. The Morgan fingerprint density at radius 3 is 2.41 bits per heavy atom. The number of hydrogen-bond donors (Lipinski definition) is 2. The Balaban J connectivity index is 1.36. The molecule has 0 spiro atoms. The van der Waals surface area contributed by atoms with Gasteiger partial charge >= 0.3 is 0 Å². The lowest BCUT2D eigenvalue weighted by atomic mass is 10.1. The zero-order chi connectivity index (χ0) is 24.5. The molecule has 3 amide bonds. The molecule has 34 heavy (non-hydrogen) atoms. The Labute approximate surface area is 197 Å². The first-order chi connectivity index (χ1) is 16.1. The average molecular weight is 487 g/mol. The Morgan fingerprint density at radius 1 is 1.09 bits per heavy atom. The van der Waals surface area contributed by atoms with Crippen LogP contribution in [-0.4, -0.2) is 67.6 Å². The van der Waals surface area contributed by atoms with Crippen LogP contribution in [0, 0.1) is 0 Å². The summed E-state index contributed by atoms with van der Waals surface area (Å²) in [6.07, 6.45) is -0.452. The van der Waals surface area contributed by atoms with E-state index in [1.807, 2.05) is 0 Å². The summed E-state index contributed by atoms with van der Waals surface area (Å²) in [7, 11) is -3.80. The third kappa shape index (κ3) is 5.05. The number of piperazine rings is 1. The lowest BCUT2D eigenvalue weighted by Crippen LogP contribution is -2.50. The highest BCUT2D eigenvalue weighted by atomic mass is 32.2. The number of carbonyl (C=O) groups is 3. The highest BCUT2D eigenvalue weighted by molar-refractivity contribution is 7.89. The van der Waals surface area contributed by atoms with Crippen LogP contribution in [0.1, 0.15) is 19.4 Å². The molecule has 0 bridgehead atoms. The van der Waals surface area contributed by atoms with E-state index in [1.165, 1.54) is 29.4 Å². The molecule has 0 radical (unpaired) electrons. The Morgan fingerprint density at radius 2 is 1.76 bits per heavy atom. The third-order valence-corrected chi connectivity index (χ3v) is 7.64. The quantitative estimate of drug-likeness (QED) is 0.659. The summed E-state index contributed by atoms with van der Waals surface area (Å²) in [6, 6.07) is 11.4. The number of benzene rings is 2. The normalized spacial score (nSPS) is 18.5. The van der Waals surface area contributed by atoms with Crippen LogP contribution < -0.4 is 15.4 Å². The Bertz CT molecular complexity index is 1220. The van der Waals surface area contributed by atoms with Gasteiger partial charge in [-0.25, -0.2) is 8.42 Å². The molecule has 4 rings (SSSR count). The number of rotatable bonds is 5. The van der Waals surface area contributed by atoms with Crippen molar-refractivity contribution in [3.05, 3.63) is 48.0 Å². The van der Waals surface area contributed by atoms with Crippen molar-refractivity contribution in [3.63, 3.8) is 0 Å². The number of amides is 3. The van der Waals surface area contributed by atoms with Gasteiger partial charge in [-0.3, -0.25) is 14.4 Å². The molecular formula is C23H26N4O6S. The van der Waals surface area contributed by atoms with E-state index in [0.717, 1.165) is 5.56 Å². The SMILES string of the molecule is CC(=O)Nc1ccc(CC(=O)N2CCN(S(=O)(=O)c3ccc4c(c3)NC(=O)[C@@H](C)O4)CC2)cc1. The summed E-state index contributed by atoms with van der Waals surface area (Å²) >= 11 is 0. The maximum absolute atomic E-state index is 13.1. The van der Waals surface area contributed by atoms with E-state index in [9.17, 15) is 22.8 Å². The van der Waals surface area contributed by atoms with Gasteiger partial charge in [-0.05, 0) is 42.8 Å². The number of nitrogens with one attached hydrogen (secondary N) is 2. The van der Waals surface area contributed by atoms with Crippen molar-refractivity contribution >= 4 is 39.1 Å². The second kappa shape index (κ2) is 9.43. The predicted octanol–water partition coefficient (Wildman–Crippen LogP) is 1.44. The van der Waals surface area contributed by atoms with Crippen molar-refractivity contribution in [2.75, 3.05) is 36.8 Å². The molecule has 0 aromatic heterocycles. The number of anilines is 2. The molecule has 10 nitrogen and oxygen atoms in total. The summed E-state index contributed by atoms with van der Waals surface area (Å²) in [5, 5.41) is 5.34. The second-order valence-electron chi connectivity index (χ2n) is 8.25. The number of hydrogen-bond acceptors (Lipinski definition) is 6. The van der Waals surface area contributed by atoms with Gasteiger partial charge in [0.1, 0.15) is 5.75 Å². The van der Waals surface area contributed by atoms with E-state index >= 15 is 0 Å². The molecule has 2 heterocycles. The van der Waals surface area contributed by atoms with Crippen LogP contribution in [0.4, 0.5) is 11.4 Å². The van der Waals surface area contributed by atoms with Crippen LogP contribution in [-0.2, 0) is 30.8 Å². The van der Waals surface area contributed by atoms with Gasteiger partial charge in [0.2, 0.25) is 21.8 Å². The highest BCUT2D eigenvalue weighted by Crippen LogP contribution is 2.33. The van der Waals surface area contributed by atoms with Crippen molar-refractivity contribution in [2.45, 2.75) is 31.3 Å². The minimum atomic E-state index is -3.80. The van der Waals surface area contributed by atoms with Gasteiger partial charge in [0.15, 0.2) is 6.10 Å². The van der Waals surface area contributed by atoms with Crippen LogP contribution >= 0.6 is 0 Å². The molecule has 2 N–H and O–H groups in total. The van der Waals surface area contributed by atoms with Crippen molar-refractivity contribution in [1.82, 2.24) is 9.21 Å². The average Bonchev–Trinajstić information content (AvgIpc) is 2.80.